The molecule has 0 saturated heterocycles. The first-order valence-electron chi connectivity index (χ1n) is 5.52. The minimum atomic E-state index is -0.445. The van der Waals surface area contributed by atoms with Crippen molar-refractivity contribution in [2.75, 3.05) is 13.2 Å². The summed E-state index contributed by atoms with van der Waals surface area (Å²) < 4.78 is 5.49. The molecule has 0 aliphatic heterocycles. The highest BCUT2D eigenvalue weighted by atomic mass is 32.1. The minimum Gasteiger partial charge on any atom is -0.389 e. The van der Waals surface area contributed by atoms with Crippen LogP contribution in [0.5, 0.6) is 0 Å². The Hall–Kier alpha value is -0.420. The molecule has 0 saturated carbocycles. The summed E-state index contributed by atoms with van der Waals surface area (Å²) in [5.41, 5.74) is -0.186. The van der Waals surface area contributed by atoms with Crippen LogP contribution in [-0.2, 0) is 11.3 Å². The topological polar surface area (TPSA) is 41.5 Å². The lowest BCUT2D eigenvalue weighted by Crippen LogP contribution is -2.33. The van der Waals surface area contributed by atoms with Crippen LogP contribution in [0.2, 0.25) is 0 Å². The highest BCUT2D eigenvalue weighted by Gasteiger charge is 2.13. The van der Waals surface area contributed by atoms with Crippen LogP contribution in [0, 0.1) is 0 Å². The maximum absolute atomic E-state index is 9.66. The quantitative estimate of drug-likeness (QED) is 0.803. The second-order valence-electron chi connectivity index (χ2n) is 4.79. The first-order chi connectivity index (χ1) is 7.47. The Kier molecular flexibility index (Phi) is 5.41. The summed E-state index contributed by atoms with van der Waals surface area (Å²) in [7, 11) is 0. The highest BCUT2D eigenvalue weighted by molar-refractivity contribution is 7.09. The normalized spacial score (nSPS) is 14.0. The van der Waals surface area contributed by atoms with Gasteiger partial charge in [-0.15, -0.1) is 11.3 Å². The van der Waals surface area contributed by atoms with Gasteiger partial charge in [-0.3, -0.25) is 0 Å². The van der Waals surface area contributed by atoms with Crippen molar-refractivity contribution in [2.24, 2.45) is 0 Å². The first-order valence-corrected chi connectivity index (χ1v) is 6.40. The van der Waals surface area contributed by atoms with E-state index in [-0.39, 0.29) is 5.60 Å². The lowest BCUT2D eigenvalue weighted by molar-refractivity contribution is -0.0479. The van der Waals surface area contributed by atoms with Gasteiger partial charge in [0.2, 0.25) is 0 Å². The molecule has 16 heavy (non-hydrogen) atoms. The van der Waals surface area contributed by atoms with Crippen molar-refractivity contribution in [3.63, 3.8) is 0 Å². The maximum atomic E-state index is 9.66. The largest absolute Gasteiger partial charge is 0.389 e. The summed E-state index contributed by atoms with van der Waals surface area (Å²) in [5, 5.41) is 14.9. The molecule has 2 N–H and O–H groups in total. The van der Waals surface area contributed by atoms with Crippen molar-refractivity contribution in [1.82, 2.24) is 5.32 Å². The van der Waals surface area contributed by atoms with E-state index in [0.717, 1.165) is 6.54 Å². The van der Waals surface area contributed by atoms with Crippen LogP contribution in [0.1, 0.15) is 25.6 Å². The molecule has 0 radical (unpaired) electrons. The van der Waals surface area contributed by atoms with Gasteiger partial charge in [0.1, 0.15) is 0 Å². The number of ether oxygens (including phenoxy) is 1. The number of rotatable bonds is 6. The lowest BCUT2D eigenvalue weighted by atomic mass is 10.2. The third-order valence-electron chi connectivity index (χ3n) is 1.97. The van der Waals surface area contributed by atoms with E-state index in [1.165, 1.54) is 4.88 Å². The van der Waals surface area contributed by atoms with Crippen molar-refractivity contribution < 1.29 is 9.84 Å². The Morgan fingerprint density at radius 3 is 2.81 bits per heavy atom. The second kappa shape index (κ2) is 6.35. The molecule has 0 unspecified atom stereocenters. The first kappa shape index (κ1) is 13.6. The lowest BCUT2D eigenvalue weighted by Gasteiger charge is -2.22. The molecule has 1 atom stereocenters. The highest BCUT2D eigenvalue weighted by Crippen LogP contribution is 2.08. The number of aliphatic hydroxyl groups is 1. The summed E-state index contributed by atoms with van der Waals surface area (Å²) >= 11 is 1.72. The number of hydrogen-bond acceptors (Lipinski definition) is 4. The molecule has 0 spiro atoms. The molecule has 1 aromatic rings. The van der Waals surface area contributed by atoms with Crippen molar-refractivity contribution in [3.8, 4) is 0 Å². The average Bonchev–Trinajstić information content (AvgIpc) is 2.66. The molecule has 0 fully saturated rings. The number of hydrogen-bond donors (Lipinski definition) is 2. The molecule has 1 rings (SSSR count). The van der Waals surface area contributed by atoms with Crippen LogP contribution in [-0.4, -0.2) is 30.0 Å². The van der Waals surface area contributed by atoms with Gasteiger partial charge in [-0.05, 0) is 32.2 Å². The fourth-order valence-corrected chi connectivity index (χ4v) is 1.85. The molecule has 0 aromatic carbocycles. The van der Waals surface area contributed by atoms with Crippen LogP contribution >= 0.6 is 11.3 Å². The van der Waals surface area contributed by atoms with Crippen LogP contribution in [0.4, 0.5) is 0 Å². The van der Waals surface area contributed by atoms with Gasteiger partial charge in [-0.1, -0.05) is 6.07 Å². The van der Waals surface area contributed by atoms with Crippen LogP contribution in [0.3, 0.4) is 0 Å². The average molecular weight is 243 g/mol. The fraction of sp³-hybridized carbons (Fsp3) is 0.667. The molecule has 1 aromatic heterocycles. The maximum Gasteiger partial charge on any atom is 0.0898 e. The zero-order chi connectivity index (χ0) is 12.0. The Morgan fingerprint density at radius 2 is 2.25 bits per heavy atom. The van der Waals surface area contributed by atoms with Crippen LogP contribution in [0.25, 0.3) is 0 Å². The molecule has 3 nitrogen and oxygen atoms in total. The zero-order valence-electron chi connectivity index (χ0n) is 10.2. The Balaban J connectivity index is 2.09. The van der Waals surface area contributed by atoms with Crippen molar-refractivity contribution >= 4 is 11.3 Å². The summed E-state index contributed by atoms with van der Waals surface area (Å²) in [6, 6.07) is 4.11. The minimum absolute atomic E-state index is 0.186. The molecule has 0 bridgehead atoms. The third-order valence-corrected chi connectivity index (χ3v) is 2.84. The molecule has 0 amide bonds. The van der Waals surface area contributed by atoms with Gasteiger partial charge in [0, 0.05) is 18.0 Å². The van der Waals surface area contributed by atoms with E-state index in [4.69, 9.17) is 4.74 Å². The van der Waals surface area contributed by atoms with Crippen molar-refractivity contribution in [1.29, 1.82) is 0 Å². The monoisotopic (exact) mass is 243 g/mol. The van der Waals surface area contributed by atoms with E-state index in [1.54, 1.807) is 11.3 Å². The van der Waals surface area contributed by atoms with E-state index in [9.17, 15) is 5.11 Å². The van der Waals surface area contributed by atoms with Gasteiger partial charge in [0.15, 0.2) is 0 Å². The van der Waals surface area contributed by atoms with Gasteiger partial charge in [0.25, 0.3) is 0 Å². The van der Waals surface area contributed by atoms with Gasteiger partial charge >= 0.3 is 0 Å². The van der Waals surface area contributed by atoms with Crippen molar-refractivity contribution in [3.05, 3.63) is 22.4 Å². The summed E-state index contributed by atoms with van der Waals surface area (Å²) in [5.74, 6) is 0. The van der Waals surface area contributed by atoms with Gasteiger partial charge < -0.3 is 15.2 Å². The SMILES string of the molecule is CC(C)(C)OC[C@H](O)CNCc1cccs1. The predicted octanol–water partition coefficient (Wildman–Crippen LogP) is 2.01. The summed E-state index contributed by atoms with van der Waals surface area (Å²) in [4.78, 5) is 1.28. The molecule has 0 aliphatic carbocycles. The van der Waals surface area contributed by atoms with Crippen LogP contribution in [0.15, 0.2) is 17.5 Å². The smallest absolute Gasteiger partial charge is 0.0898 e. The molecule has 92 valence electrons. The fourth-order valence-electron chi connectivity index (χ4n) is 1.18. The van der Waals surface area contributed by atoms with Gasteiger partial charge in [-0.2, -0.15) is 0 Å². The molecular formula is C12H21NO2S. The Morgan fingerprint density at radius 1 is 1.50 bits per heavy atom. The predicted molar refractivity (Wildman–Crippen MR) is 67.7 cm³/mol. The molecule has 1 heterocycles. The standard InChI is InChI=1S/C12H21NO2S/c1-12(2,3)15-9-10(14)7-13-8-11-5-4-6-16-11/h4-6,10,13-14H,7-9H2,1-3H3/t10-/m1/s1. The zero-order valence-corrected chi connectivity index (χ0v) is 11.0. The number of thiophene rings is 1. The molecule has 4 heteroatoms. The van der Waals surface area contributed by atoms with E-state index in [1.807, 2.05) is 26.8 Å². The third kappa shape index (κ3) is 6.23. The van der Waals surface area contributed by atoms with Gasteiger partial charge in [-0.25, -0.2) is 0 Å². The van der Waals surface area contributed by atoms with E-state index >= 15 is 0 Å². The second-order valence-corrected chi connectivity index (χ2v) is 5.82. The van der Waals surface area contributed by atoms with Gasteiger partial charge in [0.05, 0.1) is 18.3 Å². The van der Waals surface area contributed by atoms with Crippen molar-refractivity contribution in [2.45, 2.75) is 39.0 Å². The Bertz CT molecular complexity index is 280. The number of aliphatic hydroxyl groups excluding tert-OH is 1. The van der Waals surface area contributed by atoms with E-state index < -0.39 is 6.10 Å². The summed E-state index contributed by atoms with van der Waals surface area (Å²) in [6.45, 7) is 7.70. The molecule has 0 aliphatic rings. The number of nitrogens with one attached hydrogen (secondary N) is 1. The van der Waals surface area contributed by atoms with E-state index in [2.05, 4.69) is 16.8 Å². The molecular weight excluding hydrogens is 222 g/mol. The Labute approximate surface area is 101 Å². The van der Waals surface area contributed by atoms with E-state index in [0.29, 0.717) is 13.2 Å². The van der Waals surface area contributed by atoms with Crippen LogP contribution < -0.4 is 5.32 Å². The summed E-state index contributed by atoms with van der Waals surface area (Å²) in [6.07, 6.45) is -0.445.